The maximum Gasteiger partial charge on any atom is 0.125 e. The van der Waals surface area contributed by atoms with Gasteiger partial charge in [0.15, 0.2) is 0 Å². The van der Waals surface area contributed by atoms with Gasteiger partial charge in [0.05, 0.1) is 20.4 Å². The normalized spacial score (nSPS) is 19.6. The van der Waals surface area contributed by atoms with E-state index in [1.54, 1.807) is 22.7 Å². The Bertz CT molecular complexity index is 3540. The number of nitrogens with zero attached hydrogens (tertiary/aromatic N) is 2. The third-order valence-corrected chi connectivity index (χ3v) is 18.7. The van der Waals surface area contributed by atoms with Crippen molar-refractivity contribution in [3.63, 3.8) is 0 Å². The minimum atomic E-state index is -0.0217. The number of hydrogen-bond acceptors (Lipinski definition) is 4. The SMILES string of the molecule is c1ccc2sc(-c3c4ccccc4c(-c4ccc(C5(c6ccc(-c7c8ccccc8c(-c8nc9ccccc9s8)c8ccccc78)cc6)C6CC7CC(C6)CC5C7)cc4)c4ccccc34)nc2c1. The first-order chi connectivity index (χ1) is 33.7. The highest BCUT2D eigenvalue weighted by Crippen LogP contribution is 2.65. The van der Waals surface area contributed by atoms with E-state index in [0.717, 1.165) is 32.9 Å². The first-order valence-electron chi connectivity index (χ1n) is 24.5. The molecule has 4 heteroatoms. The fraction of sp³-hybridized carbons (Fsp3) is 0.156. The molecule has 0 N–H and O–H groups in total. The summed E-state index contributed by atoms with van der Waals surface area (Å²) in [6.45, 7) is 0. The summed E-state index contributed by atoms with van der Waals surface area (Å²) in [7, 11) is 0. The number of thiazole rings is 2. The summed E-state index contributed by atoms with van der Waals surface area (Å²) in [6.07, 6.45) is 6.77. The van der Waals surface area contributed by atoms with E-state index in [0.29, 0.717) is 11.8 Å². The van der Waals surface area contributed by atoms with Crippen LogP contribution in [0.15, 0.2) is 194 Å². The minimum Gasteiger partial charge on any atom is -0.236 e. The highest BCUT2D eigenvalue weighted by Gasteiger charge is 2.58. The van der Waals surface area contributed by atoms with E-state index in [-0.39, 0.29) is 5.41 Å². The van der Waals surface area contributed by atoms with Crippen molar-refractivity contribution in [2.24, 2.45) is 23.7 Å². The third kappa shape index (κ3) is 5.68. The fourth-order valence-electron chi connectivity index (χ4n) is 14.2. The molecule has 10 aromatic carbocycles. The number of hydrogen-bond donors (Lipinski definition) is 0. The molecule has 12 aromatic rings. The van der Waals surface area contributed by atoms with E-state index in [9.17, 15) is 0 Å². The maximum absolute atomic E-state index is 5.21. The number of para-hydroxylation sites is 2. The van der Waals surface area contributed by atoms with E-state index in [1.807, 2.05) is 0 Å². The predicted octanol–water partition coefficient (Wildman–Crippen LogP) is 17.9. The van der Waals surface area contributed by atoms with Gasteiger partial charge in [0.25, 0.3) is 0 Å². The second-order valence-corrected chi connectivity index (χ2v) is 22.0. The van der Waals surface area contributed by atoms with Crippen molar-refractivity contribution in [2.45, 2.75) is 37.5 Å². The predicted molar refractivity (Wildman–Crippen MR) is 289 cm³/mol. The molecule has 0 saturated heterocycles. The van der Waals surface area contributed by atoms with E-state index in [4.69, 9.17) is 9.97 Å². The first kappa shape index (κ1) is 39.1. The average Bonchev–Trinajstić information content (AvgIpc) is 4.02. The van der Waals surface area contributed by atoms with Crippen LogP contribution in [-0.2, 0) is 5.41 Å². The third-order valence-electron chi connectivity index (χ3n) is 16.6. The molecule has 2 heterocycles. The molecule has 2 aromatic heterocycles. The highest BCUT2D eigenvalue weighted by atomic mass is 32.1. The molecule has 16 rings (SSSR count). The zero-order chi connectivity index (χ0) is 44.5. The lowest BCUT2D eigenvalue weighted by Gasteiger charge is -2.62. The van der Waals surface area contributed by atoms with Gasteiger partial charge in [0.1, 0.15) is 10.0 Å². The molecule has 4 fully saturated rings. The van der Waals surface area contributed by atoms with Gasteiger partial charge in [0, 0.05) is 16.5 Å². The van der Waals surface area contributed by atoms with Crippen LogP contribution in [0.1, 0.15) is 43.2 Å². The Kier molecular flexibility index (Phi) is 8.62. The molecule has 0 atom stereocenters. The average molecular weight is 907 g/mol. The van der Waals surface area contributed by atoms with Crippen molar-refractivity contribution in [3.8, 4) is 43.4 Å². The largest absolute Gasteiger partial charge is 0.236 e. The molecule has 0 aliphatic heterocycles. The molecule has 0 radical (unpaired) electrons. The lowest BCUT2D eigenvalue weighted by molar-refractivity contribution is -0.0418. The second kappa shape index (κ2) is 15.0. The molecular formula is C64H46N2S2. The molecule has 4 saturated carbocycles. The topological polar surface area (TPSA) is 25.8 Å². The molecule has 4 aliphatic carbocycles. The van der Waals surface area contributed by atoms with Crippen molar-refractivity contribution in [2.75, 3.05) is 0 Å². The minimum absolute atomic E-state index is 0.0217. The van der Waals surface area contributed by atoms with Crippen LogP contribution >= 0.6 is 22.7 Å². The molecule has 4 bridgehead atoms. The summed E-state index contributed by atoms with van der Waals surface area (Å²) < 4.78 is 2.45. The number of fused-ring (bicyclic) bond motifs is 6. The van der Waals surface area contributed by atoms with Crippen molar-refractivity contribution < 1.29 is 0 Å². The molecular weight excluding hydrogens is 861 g/mol. The van der Waals surface area contributed by atoms with Crippen LogP contribution in [-0.4, -0.2) is 9.97 Å². The summed E-state index contributed by atoms with van der Waals surface area (Å²) in [5.41, 5.74) is 12.7. The fourth-order valence-corrected chi connectivity index (χ4v) is 16.2. The Labute approximate surface area is 403 Å². The molecule has 324 valence electrons. The molecule has 68 heavy (non-hydrogen) atoms. The molecule has 2 nitrogen and oxygen atoms in total. The lowest BCUT2D eigenvalue weighted by Crippen LogP contribution is -2.56. The molecule has 0 unspecified atom stereocenters. The smallest absolute Gasteiger partial charge is 0.125 e. The van der Waals surface area contributed by atoms with Gasteiger partial charge < -0.3 is 0 Å². The van der Waals surface area contributed by atoms with Crippen LogP contribution in [0.2, 0.25) is 0 Å². The summed E-state index contributed by atoms with van der Waals surface area (Å²) in [6, 6.07) is 73.1. The Hall–Kier alpha value is -6.98. The van der Waals surface area contributed by atoms with E-state index >= 15 is 0 Å². The van der Waals surface area contributed by atoms with Crippen molar-refractivity contribution in [3.05, 3.63) is 205 Å². The van der Waals surface area contributed by atoms with Crippen molar-refractivity contribution in [1.82, 2.24) is 9.97 Å². The van der Waals surface area contributed by atoms with Crippen LogP contribution in [0.4, 0.5) is 0 Å². The number of rotatable bonds is 6. The summed E-state index contributed by atoms with van der Waals surface area (Å²) >= 11 is 3.59. The second-order valence-electron chi connectivity index (χ2n) is 20.0. The zero-order valence-electron chi connectivity index (χ0n) is 37.5. The number of aromatic nitrogens is 2. The summed E-state index contributed by atoms with van der Waals surface area (Å²) in [5.74, 6) is 3.00. The Balaban J connectivity index is 0.877. The maximum atomic E-state index is 5.21. The van der Waals surface area contributed by atoms with Gasteiger partial charge in [-0.3, -0.25) is 0 Å². The molecule has 0 spiro atoms. The highest BCUT2D eigenvalue weighted by molar-refractivity contribution is 7.22. The van der Waals surface area contributed by atoms with Crippen molar-refractivity contribution in [1.29, 1.82) is 0 Å². The van der Waals surface area contributed by atoms with Gasteiger partial charge in [-0.25, -0.2) is 9.97 Å². The lowest BCUT2D eigenvalue weighted by atomic mass is 9.42. The molecule has 0 amide bonds. The zero-order valence-corrected chi connectivity index (χ0v) is 39.2. The quantitative estimate of drug-likeness (QED) is 0.155. The van der Waals surface area contributed by atoms with Gasteiger partial charge >= 0.3 is 0 Å². The monoisotopic (exact) mass is 906 g/mol. The summed E-state index contributed by atoms with van der Waals surface area (Å²) in [5, 5.41) is 12.3. The Morgan fingerprint density at radius 1 is 0.324 bits per heavy atom. The van der Waals surface area contributed by atoms with Crippen LogP contribution in [0.3, 0.4) is 0 Å². The summed E-state index contributed by atoms with van der Waals surface area (Å²) in [4.78, 5) is 10.4. The Morgan fingerprint density at radius 3 is 0.971 bits per heavy atom. The standard InChI is InChI=1S/C64H46N2S2/c1-5-17-50-46(13-1)58(47-14-2-6-18-51(47)60(50)62-65-54-21-9-11-23-56(54)67-62)40-25-29-42(30-26-40)64(44-34-38-33-39(36-44)37-45(64)35-38)43-31-27-41(28-32-43)59-48-15-3-7-19-52(48)61(53-20-8-4-16-49(53)59)63-66-55-22-10-12-24-57(55)68-63/h1-32,38-39,44-45H,33-37H2. The van der Waals surface area contributed by atoms with Gasteiger partial charge in [-0.15, -0.1) is 22.7 Å². The van der Waals surface area contributed by atoms with Gasteiger partial charge in [-0.05, 0) is 157 Å². The van der Waals surface area contributed by atoms with Crippen LogP contribution in [0.25, 0.3) is 107 Å². The van der Waals surface area contributed by atoms with E-state index in [2.05, 4.69) is 194 Å². The molecule has 4 aliphatic rings. The van der Waals surface area contributed by atoms with E-state index < -0.39 is 0 Å². The number of benzene rings is 10. The van der Waals surface area contributed by atoms with Crippen molar-refractivity contribution >= 4 is 86.2 Å². The first-order valence-corrected chi connectivity index (χ1v) is 26.1. The van der Waals surface area contributed by atoms with Crippen LogP contribution in [0, 0.1) is 23.7 Å². The van der Waals surface area contributed by atoms with E-state index in [1.165, 1.54) is 129 Å². The van der Waals surface area contributed by atoms with Gasteiger partial charge in [0.2, 0.25) is 0 Å². The van der Waals surface area contributed by atoms with Gasteiger partial charge in [-0.1, -0.05) is 170 Å². The Morgan fingerprint density at radius 2 is 0.632 bits per heavy atom. The van der Waals surface area contributed by atoms with Crippen LogP contribution in [0.5, 0.6) is 0 Å². The van der Waals surface area contributed by atoms with Crippen LogP contribution < -0.4 is 0 Å². The van der Waals surface area contributed by atoms with Gasteiger partial charge in [-0.2, -0.15) is 0 Å².